The number of aliphatic hydroxyl groups excluding tert-OH is 1. The summed E-state index contributed by atoms with van der Waals surface area (Å²) in [7, 11) is 3.41. The van der Waals surface area contributed by atoms with Crippen molar-refractivity contribution in [3.05, 3.63) is 48.6 Å². The number of nitrogens with zero attached hydrogens (tertiary/aromatic N) is 5. The third kappa shape index (κ3) is 4.12. The minimum absolute atomic E-state index is 0.159. The van der Waals surface area contributed by atoms with Gasteiger partial charge in [-0.1, -0.05) is 0 Å². The number of fused-ring (bicyclic) bond motifs is 1. The van der Waals surface area contributed by atoms with E-state index in [9.17, 15) is 9.90 Å². The number of methoxy groups -OCH3 is 1. The van der Waals surface area contributed by atoms with E-state index < -0.39 is 0 Å². The highest BCUT2D eigenvalue weighted by Gasteiger charge is 2.23. The van der Waals surface area contributed by atoms with E-state index in [1.807, 2.05) is 19.2 Å². The third-order valence-corrected chi connectivity index (χ3v) is 5.84. The summed E-state index contributed by atoms with van der Waals surface area (Å²) in [6, 6.07) is 7.35. The summed E-state index contributed by atoms with van der Waals surface area (Å²) in [5.74, 6) is 0.346. The van der Waals surface area contributed by atoms with E-state index in [4.69, 9.17) is 9.15 Å². The lowest BCUT2D eigenvalue weighted by molar-refractivity contribution is 0.102. The van der Waals surface area contributed by atoms with Crippen molar-refractivity contribution in [1.82, 2.24) is 19.7 Å². The Hall–Kier alpha value is -3.92. The Balaban J connectivity index is 1.44. The number of nitrogens with one attached hydrogen (secondary N) is 1. The van der Waals surface area contributed by atoms with Crippen molar-refractivity contribution in [2.45, 2.75) is 18.9 Å². The lowest BCUT2D eigenvalue weighted by Crippen LogP contribution is -2.36. The Labute approximate surface area is 189 Å². The number of hydrogen-bond donors (Lipinski definition) is 2. The standard InChI is InChI=1S/C23H24N6O4/c1-28-19-11-20(29-7-4-16(30)5-8-29)17(9-15(19)12-25-28)26-22(31)18-13-33-23(27-18)14-3-6-24-21(10-14)32-2/h3,6,9-13,16,30H,4-5,7-8H2,1-2H3,(H,26,31). The average Bonchev–Trinajstić information content (AvgIpc) is 3.47. The summed E-state index contributed by atoms with van der Waals surface area (Å²) in [6.45, 7) is 1.40. The first kappa shape index (κ1) is 21.0. The first-order chi connectivity index (χ1) is 16.0. The minimum Gasteiger partial charge on any atom is -0.481 e. The molecule has 4 aromatic rings. The van der Waals surface area contributed by atoms with Crippen LogP contribution in [0.5, 0.6) is 5.88 Å². The quantitative estimate of drug-likeness (QED) is 0.478. The van der Waals surface area contributed by atoms with Gasteiger partial charge in [0.05, 0.1) is 36.3 Å². The van der Waals surface area contributed by atoms with Gasteiger partial charge >= 0.3 is 0 Å². The summed E-state index contributed by atoms with van der Waals surface area (Å²) < 4.78 is 12.5. The number of piperidine rings is 1. The number of oxazole rings is 1. The second-order valence-corrected chi connectivity index (χ2v) is 7.99. The lowest BCUT2D eigenvalue weighted by Gasteiger charge is -2.33. The molecule has 0 bridgehead atoms. The Morgan fingerprint density at radius 2 is 2.09 bits per heavy atom. The summed E-state index contributed by atoms with van der Waals surface area (Å²) in [5.41, 5.74) is 3.32. The number of anilines is 2. The molecule has 1 amide bonds. The van der Waals surface area contributed by atoms with Crippen LogP contribution in [-0.4, -0.2) is 57.1 Å². The van der Waals surface area contributed by atoms with Gasteiger partial charge in [-0.05, 0) is 31.0 Å². The van der Waals surface area contributed by atoms with Crippen molar-refractivity contribution in [3.63, 3.8) is 0 Å². The van der Waals surface area contributed by atoms with Gasteiger partial charge in [-0.2, -0.15) is 5.10 Å². The molecule has 10 nitrogen and oxygen atoms in total. The number of hydrogen-bond acceptors (Lipinski definition) is 8. The zero-order valence-electron chi connectivity index (χ0n) is 18.4. The Morgan fingerprint density at radius 1 is 1.27 bits per heavy atom. The van der Waals surface area contributed by atoms with E-state index in [-0.39, 0.29) is 17.7 Å². The number of aliphatic hydroxyl groups is 1. The molecule has 0 saturated carbocycles. The predicted octanol–water partition coefficient (Wildman–Crippen LogP) is 2.85. The van der Waals surface area contributed by atoms with Crippen LogP contribution in [0.1, 0.15) is 23.3 Å². The molecule has 2 N–H and O–H groups in total. The molecule has 1 aromatic carbocycles. The maximum absolute atomic E-state index is 13.1. The van der Waals surface area contributed by atoms with E-state index in [2.05, 4.69) is 25.3 Å². The molecular formula is C23H24N6O4. The molecule has 0 atom stereocenters. The van der Waals surface area contributed by atoms with E-state index in [0.29, 0.717) is 49.0 Å². The van der Waals surface area contributed by atoms with Crippen molar-refractivity contribution in [2.75, 3.05) is 30.4 Å². The van der Waals surface area contributed by atoms with Crippen LogP contribution < -0.4 is 15.0 Å². The van der Waals surface area contributed by atoms with Gasteiger partial charge in [0.2, 0.25) is 11.8 Å². The SMILES string of the molecule is COc1cc(-c2nc(C(=O)Nc3cc4cnn(C)c4cc3N3CCC(O)CC3)co2)ccn1. The summed E-state index contributed by atoms with van der Waals surface area (Å²) in [4.78, 5) is 23.6. The molecule has 4 heterocycles. The van der Waals surface area contributed by atoms with Gasteiger partial charge < -0.3 is 24.5 Å². The van der Waals surface area contributed by atoms with Crippen LogP contribution in [0.25, 0.3) is 22.4 Å². The molecule has 33 heavy (non-hydrogen) atoms. The summed E-state index contributed by atoms with van der Waals surface area (Å²) >= 11 is 0. The van der Waals surface area contributed by atoms with Crippen molar-refractivity contribution >= 4 is 28.2 Å². The number of benzene rings is 1. The van der Waals surface area contributed by atoms with Crippen LogP contribution in [0.3, 0.4) is 0 Å². The van der Waals surface area contributed by atoms with Crippen molar-refractivity contribution in [3.8, 4) is 17.3 Å². The Bertz CT molecular complexity index is 1310. The second-order valence-electron chi connectivity index (χ2n) is 7.99. The fraction of sp³-hybridized carbons (Fsp3) is 0.304. The van der Waals surface area contributed by atoms with E-state index in [1.165, 1.54) is 13.4 Å². The molecule has 3 aromatic heterocycles. The number of aryl methyl sites for hydroxylation is 1. The van der Waals surface area contributed by atoms with Crippen LogP contribution >= 0.6 is 0 Å². The molecular weight excluding hydrogens is 424 g/mol. The van der Waals surface area contributed by atoms with E-state index in [0.717, 1.165) is 16.6 Å². The van der Waals surface area contributed by atoms with E-state index in [1.54, 1.807) is 29.2 Å². The van der Waals surface area contributed by atoms with Gasteiger partial charge in [0.1, 0.15) is 6.26 Å². The molecule has 0 unspecified atom stereocenters. The molecule has 170 valence electrons. The molecule has 1 saturated heterocycles. The zero-order valence-corrected chi connectivity index (χ0v) is 18.4. The molecule has 0 aliphatic carbocycles. The summed E-state index contributed by atoms with van der Waals surface area (Å²) in [5, 5.41) is 18.1. The van der Waals surface area contributed by atoms with Crippen LogP contribution in [0.2, 0.25) is 0 Å². The fourth-order valence-corrected chi connectivity index (χ4v) is 4.01. The lowest BCUT2D eigenvalue weighted by atomic mass is 10.1. The smallest absolute Gasteiger partial charge is 0.277 e. The van der Waals surface area contributed by atoms with Gasteiger partial charge in [-0.25, -0.2) is 9.97 Å². The second kappa shape index (κ2) is 8.55. The van der Waals surface area contributed by atoms with Gasteiger partial charge in [-0.15, -0.1) is 0 Å². The predicted molar refractivity (Wildman–Crippen MR) is 122 cm³/mol. The van der Waals surface area contributed by atoms with Crippen molar-refractivity contribution in [2.24, 2.45) is 7.05 Å². The highest BCUT2D eigenvalue weighted by molar-refractivity contribution is 6.06. The minimum atomic E-state index is -0.382. The number of aromatic nitrogens is 4. The monoisotopic (exact) mass is 448 g/mol. The van der Waals surface area contributed by atoms with Crippen molar-refractivity contribution < 1.29 is 19.1 Å². The van der Waals surface area contributed by atoms with Crippen LogP contribution in [-0.2, 0) is 7.05 Å². The third-order valence-electron chi connectivity index (χ3n) is 5.84. The molecule has 0 radical (unpaired) electrons. The number of ether oxygens (including phenoxy) is 1. The van der Waals surface area contributed by atoms with Crippen molar-refractivity contribution in [1.29, 1.82) is 0 Å². The van der Waals surface area contributed by atoms with Gasteiger partial charge in [0.15, 0.2) is 5.69 Å². The highest BCUT2D eigenvalue weighted by atomic mass is 16.5. The fourth-order valence-electron chi connectivity index (χ4n) is 4.01. The largest absolute Gasteiger partial charge is 0.481 e. The van der Waals surface area contributed by atoms with Gasteiger partial charge in [-0.3, -0.25) is 9.48 Å². The number of carbonyl (C=O) groups excluding carboxylic acids is 1. The van der Waals surface area contributed by atoms with Crippen LogP contribution in [0.4, 0.5) is 11.4 Å². The van der Waals surface area contributed by atoms with Crippen LogP contribution in [0.15, 0.2) is 47.3 Å². The maximum Gasteiger partial charge on any atom is 0.277 e. The first-order valence-electron chi connectivity index (χ1n) is 10.7. The molecule has 10 heteroatoms. The van der Waals surface area contributed by atoms with Gasteiger partial charge in [0, 0.05) is 43.4 Å². The Morgan fingerprint density at radius 3 is 2.88 bits per heavy atom. The highest BCUT2D eigenvalue weighted by Crippen LogP contribution is 2.33. The Kier molecular flexibility index (Phi) is 5.43. The van der Waals surface area contributed by atoms with Gasteiger partial charge in [0.25, 0.3) is 5.91 Å². The number of amides is 1. The van der Waals surface area contributed by atoms with E-state index >= 15 is 0 Å². The molecule has 1 aliphatic rings. The molecule has 1 aliphatic heterocycles. The molecule has 5 rings (SSSR count). The van der Waals surface area contributed by atoms with Crippen LogP contribution in [0, 0.1) is 0 Å². The topological polar surface area (TPSA) is 119 Å². The number of rotatable bonds is 5. The number of pyridine rings is 1. The summed E-state index contributed by atoms with van der Waals surface area (Å²) in [6.07, 6.45) is 5.75. The first-order valence-corrected chi connectivity index (χ1v) is 10.7. The molecule has 0 spiro atoms. The normalized spacial score (nSPS) is 14.6. The zero-order chi connectivity index (χ0) is 22.9. The maximum atomic E-state index is 13.1. The number of carbonyl (C=O) groups is 1. The molecule has 1 fully saturated rings. The average molecular weight is 448 g/mol.